The summed E-state index contributed by atoms with van der Waals surface area (Å²) in [5, 5.41) is 0. The van der Waals surface area contributed by atoms with E-state index in [-0.39, 0.29) is 18.1 Å². The summed E-state index contributed by atoms with van der Waals surface area (Å²) in [7, 11) is 0. The van der Waals surface area contributed by atoms with Gasteiger partial charge in [-0.3, -0.25) is 4.79 Å². The van der Waals surface area contributed by atoms with Gasteiger partial charge >= 0.3 is 6.16 Å². The Morgan fingerprint density at radius 3 is 2.26 bits per heavy atom. The fourth-order valence-electron chi connectivity index (χ4n) is 1.58. The van der Waals surface area contributed by atoms with E-state index in [9.17, 15) is 14.4 Å². The van der Waals surface area contributed by atoms with E-state index in [1.54, 1.807) is 13.0 Å². The van der Waals surface area contributed by atoms with E-state index in [0.717, 1.165) is 0 Å². The summed E-state index contributed by atoms with van der Waals surface area (Å²) in [5.41, 5.74) is -1.16. The minimum Gasteiger partial charge on any atom is -0.430 e. The third-order valence-electron chi connectivity index (χ3n) is 3.17. The first-order valence-corrected chi connectivity index (χ1v) is 8.07. The monoisotopic (exact) mass is 386 g/mol. The fraction of sp³-hybridized carbons (Fsp3) is 0.667. The second-order valence-electron chi connectivity index (χ2n) is 5.78. The largest absolute Gasteiger partial charge is 0.508 e. The molecule has 2 unspecified atom stereocenters. The highest BCUT2D eigenvalue weighted by molar-refractivity contribution is 6.67. The van der Waals surface area contributed by atoms with Crippen LogP contribution in [0.25, 0.3) is 0 Å². The van der Waals surface area contributed by atoms with Crippen LogP contribution in [-0.4, -0.2) is 34.7 Å². The van der Waals surface area contributed by atoms with Crippen LogP contribution in [-0.2, 0) is 19.1 Å². The smallest absolute Gasteiger partial charge is 0.430 e. The molecule has 0 rings (SSSR count). The molecule has 0 heterocycles. The van der Waals surface area contributed by atoms with Crippen LogP contribution < -0.4 is 0 Å². The maximum atomic E-state index is 12.2. The molecule has 132 valence electrons. The lowest BCUT2D eigenvalue weighted by Crippen LogP contribution is -2.34. The van der Waals surface area contributed by atoms with E-state index in [2.05, 4.69) is 6.58 Å². The summed E-state index contributed by atoms with van der Waals surface area (Å²) < 4.78 is 8.09. The molecule has 8 heteroatoms. The zero-order valence-corrected chi connectivity index (χ0v) is 15.6. The molecule has 0 saturated heterocycles. The Kier molecular flexibility index (Phi) is 9.18. The van der Waals surface area contributed by atoms with Crippen LogP contribution in [0.2, 0.25) is 0 Å². The number of ether oxygens (including phenoxy) is 2. The van der Waals surface area contributed by atoms with E-state index >= 15 is 0 Å². The lowest BCUT2D eigenvalue weighted by Gasteiger charge is -2.25. The minimum absolute atomic E-state index is 0.121. The van der Waals surface area contributed by atoms with E-state index in [1.807, 2.05) is 0 Å². The van der Waals surface area contributed by atoms with Crippen molar-refractivity contribution in [3.8, 4) is 0 Å². The molecule has 23 heavy (non-hydrogen) atoms. The van der Waals surface area contributed by atoms with Crippen molar-refractivity contribution < 1.29 is 23.9 Å². The van der Waals surface area contributed by atoms with Crippen molar-refractivity contribution in [1.82, 2.24) is 0 Å². The van der Waals surface area contributed by atoms with Crippen LogP contribution in [0.4, 0.5) is 4.79 Å². The van der Waals surface area contributed by atoms with Gasteiger partial charge in [-0.15, -0.1) is 6.58 Å². The summed E-state index contributed by atoms with van der Waals surface area (Å²) >= 11 is 16.4. The Labute approximate surface area is 151 Å². The Balaban J connectivity index is 4.89. The Morgan fingerprint density at radius 1 is 1.26 bits per heavy atom. The number of aldehydes is 1. The number of alkyl halides is 3. The number of carbonyl (C=O) groups excluding carboxylic acids is 3. The molecule has 0 amide bonds. The Hall–Kier alpha value is -0.780. The van der Waals surface area contributed by atoms with Gasteiger partial charge in [-0.05, 0) is 26.2 Å². The first kappa shape index (κ1) is 22.2. The van der Waals surface area contributed by atoms with Crippen molar-refractivity contribution in [1.29, 1.82) is 0 Å². The molecule has 5 nitrogen and oxygen atoms in total. The molecule has 0 saturated carbocycles. The van der Waals surface area contributed by atoms with Crippen molar-refractivity contribution in [2.45, 2.75) is 43.5 Å². The number of hydrogen-bond donors (Lipinski definition) is 0. The number of hydrogen-bond acceptors (Lipinski definition) is 5. The standard InChI is InChI=1S/C15H21Cl3O5/c1-5-6-10(2)11(7-12(20)14(3,4)8-19)23-13(21)22-9-15(16,17)18/h5,8,10-11H,1,6-7,9H2,2-4H3. The lowest BCUT2D eigenvalue weighted by atomic mass is 9.84. The quantitative estimate of drug-likeness (QED) is 0.194. The number of allylic oxidation sites excluding steroid dienone is 1. The van der Waals surface area contributed by atoms with Crippen molar-refractivity contribution >= 4 is 53.0 Å². The third-order valence-corrected chi connectivity index (χ3v) is 3.50. The number of rotatable bonds is 9. The maximum Gasteiger partial charge on any atom is 0.508 e. The van der Waals surface area contributed by atoms with Gasteiger partial charge in [0.2, 0.25) is 3.79 Å². The molecule has 0 radical (unpaired) electrons. The third kappa shape index (κ3) is 9.18. The van der Waals surface area contributed by atoms with Crippen molar-refractivity contribution in [3.63, 3.8) is 0 Å². The number of ketones is 1. The highest BCUT2D eigenvalue weighted by Gasteiger charge is 2.33. The minimum atomic E-state index is -1.75. The molecule has 0 aromatic carbocycles. The molecule has 0 aliphatic heterocycles. The first-order valence-electron chi connectivity index (χ1n) is 6.93. The average Bonchev–Trinajstić information content (AvgIpc) is 2.43. The summed E-state index contributed by atoms with van der Waals surface area (Å²) in [5.74, 6) is -0.540. The summed E-state index contributed by atoms with van der Waals surface area (Å²) in [6.45, 7) is 7.92. The highest BCUT2D eigenvalue weighted by Crippen LogP contribution is 2.27. The van der Waals surface area contributed by atoms with Crippen molar-refractivity contribution in [2.75, 3.05) is 6.61 Å². The second kappa shape index (κ2) is 9.50. The van der Waals surface area contributed by atoms with Gasteiger partial charge in [-0.2, -0.15) is 0 Å². The topological polar surface area (TPSA) is 69.7 Å². The van der Waals surface area contributed by atoms with Crippen LogP contribution in [0, 0.1) is 11.3 Å². The van der Waals surface area contributed by atoms with Gasteiger partial charge in [0.15, 0.2) is 0 Å². The van der Waals surface area contributed by atoms with Crippen LogP contribution >= 0.6 is 34.8 Å². The normalized spacial score (nSPS) is 14.5. The van der Waals surface area contributed by atoms with Crippen LogP contribution in [0.3, 0.4) is 0 Å². The molecule has 0 aromatic heterocycles. The average molecular weight is 388 g/mol. The zero-order chi connectivity index (χ0) is 18.3. The van der Waals surface area contributed by atoms with Gasteiger partial charge in [0.25, 0.3) is 0 Å². The molecular formula is C15H21Cl3O5. The van der Waals surface area contributed by atoms with Gasteiger partial charge in [0.05, 0.1) is 5.41 Å². The summed E-state index contributed by atoms with van der Waals surface area (Å²) in [6.07, 6.45) is 0.770. The maximum absolute atomic E-state index is 12.2. The van der Waals surface area contributed by atoms with Crippen molar-refractivity contribution in [3.05, 3.63) is 12.7 Å². The number of halogens is 3. The molecular weight excluding hydrogens is 367 g/mol. The SMILES string of the molecule is C=CCC(C)C(CC(=O)C(C)(C)C=O)OC(=O)OCC(Cl)(Cl)Cl. The lowest BCUT2D eigenvalue weighted by molar-refractivity contribution is -0.134. The number of carbonyl (C=O) groups is 3. The molecule has 0 aliphatic rings. The predicted molar refractivity (Wildman–Crippen MR) is 90.0 cm³/mol. The van der Waals surface area contributed by atoms with Gasteiger partial charge in [-0.25, -0.2) is 4.79 Å². The molecule has 0 bridgehead atoms. The van der Waals surface area contributed by atoms with E-state index in [1.165, 1.54) is 13.8 Å². The fourth-order valence-corrected chi connectivity index (χ4v) is 1.75. The first-order chi connectivity index (χ1) is 10.4. The van der Waals surface area contributed by atoms with Crippen LogP contribution in [0.1, 0.15) is 33.6 Å². The second-order valence-corrected chi connectivity index (χ2v) is 8.29. The zero-order valence-electron chi connectivity index (χ0n) is 13.3. The van der Waals surface area contributed by atoms with Crippen molar-refractivity contribution in [2.24, 2.45) is 11.3 Å². The van der Waals surface area contributed by atoms with Gasteiger partial charge in [0, 0.05) is 6.42 Å². The molecule has 0 aromatic rings. The number of Topliss-reactive ketones (excluding diaryl/α,β-unsaturated/α-hetero) is 1. The molecule has 2 atom stereocenters. The molecule has 0 aliphatic carbocycles. The van der Waals surface area contributed by atoms with E-state index in [0.29, 0.717) is 12.7 Å². The molecule has 0 fully saturated rings. The predicted octanol–water partition coefficient (Wildman–Crippen LogP) is 4.27. The Morgan fingerprint density at radius 2 is 1.83 bits per heavy atom. The van der Waals surface area contributed by atoms with Crippen LogP contribution in [0.5, 0.6) is 0 Å². The Bertz CT molecular complexity index is 443. The van der Waals surface area contributed by atoms with Gasteiger partial charge < -0.3 is 14.3 Å². The highest BCUT2D eigenvalue weighted by atomic mass is 35.6. The van der Waals surface area contributed by atoms with E-state index < -0.39 is 28.1 Å². The van der Waals surface area contributed by atoms with Gasteiger partial charge in [-0.1, -0.05) is 47.8 Å². The van der Waals surface area contributed by atoms with Crippen LogP contribution in [0.15, 0.2) is 12.7 Å². The van der Waals surface area contributed by atoms with Gasteiger partial charge in [0.1, 0.15) is 24.8 Å². The summed E-state index contributed by atoms with van der Waals surface area (Å²) in [6, 6.07) is 0. The molecule has 0 N–H and O–H groups in total. The summed E-state index contributed by atoms with van der Waals surface area (Å²) in [4.78, 5) is 34.8. The van der Waals surface area contributed by atoms with E-state index in [4.69, 9.17) is 44.3 Å². The molecule has 0 spiro atoms.